The van der Waals surface area contributed by atoms with Crippen molar-refractivity contribution in [2.45, 2.75) is 12.5 Å². The summed E-state index contributed by atoms with van der Waals surface area (Å²) in [6.45, 7) is 0.103. The number of hydrogen-bond donors (Lipinski definition) is 0. The van der Waals surface area contributed by atoms with Crippen LogP contribution in [0.3, 0.4) is 0 Å². The Labute approximate surface area is 123 Å². The average molecular weight is 281 g/mol. The number of amides is 1. The maximum absolute atomic E-state index is 12.5. The van der Waals surface area contributed by atoms with Gasteiger partial charge < -0.3 is 9.53 Å². The lowest BCUT2D eigenvalue weighted by Gasteiger charge is -2.32. The molecular weight excluding hydrogens is 266 g/mol. The Kier molecular flexibility index (Phi) is 3.69. The van der Waals surface area contributed by atoms with Crippen molar-refractivity contribution < 1.29 is 14.3 Å². The molecule has 0 bridgehead atoms. The lowest BCUT2D eigenvalue weighted by Crippen LogP contribution is -2.47. The Morgan fingerprint density at radius 3 is 2.57 bits per heavy atom. The molecule has 0 spiro atoms. The van der Waals surface area contributed by atoms with E-state index in [0.29, 0.717) is 17.7 Å². The minimum atomic E-state index is -0.520. The molecule has 2 aromatic rings. The first-order valence-corrected chi connectivity index (χ1v) is 6.81. The summed E-state index contributed by atoms with van der Waals surface area (Å²) in [5.74, 6) is 0.410. The number of fused-ring (bicyclic) bond motifs is 1. The predicted octanol–water partition coefficient (Wildman–Crippen LogP) is 2.29. The molecule has 4 heteroatoms. The largest absolute Gasteiger partial charge is 0.472 e. The molecule has 21 heavy (non-hydrogen) atoms. The van der Waals surface area contributed by atoms with Gasteiger partial charge >= 0.3 is 0 Å². The number of nitrogens with zero attached hydrogens (tertiary/aromatic N) is 1. The highest BCUT2D eigenvalue weighted by molar-refractivity contribution is 5.99. The van der Waals surface area contributed by atoms with Crippen molar-refractivity contribution in [3.8, 4) is 5.75 Å². The van der Waals surface area contributed by atoms with E-state index in [2.05, 4.69) is 0 Å². The van der Waals surface area contributed by atoms with Gasteiger partial charge in [-0.25, -0.2) is 0 Å². The summed E-state index contributed by atoms with van der Waals surface area (Å²) in [5.41, 5.74) is 1.52. The van der Waals surface area contributed by atoms with Crippen molar-refractivity contribution in [3.63, 3.8) is 0 Å². The minimum absolute atomic E-state index is 0.103. The average Bonchev–Trinajstić information content (AvgIpc) is 2.55. The summed E-state index contributed by atoms with van der Waals surface area (Å²) >= 11 is 0. The lowest BCUT2D eigenvalue weighted by atomic mass is 10.0. The van der Waals surface area contributed by atoms with E-state index >= 15 is 0 Å². The number of rotatable bonds is 4. The van der Waals surface area contributed by atoms with Gasteiger partial charge in [-0.05, 0) is 24.1 Å². The maximum atomic E-state index is 12.5. The van der Waals surface area contributed by atoms with E-state index in [1.165, 1.54) is 4.90 Å². The molecule has 1 aliphatic heterocycles. The lowest BCUT2D eigenvalue weighted by molar-refractivity contribution is -0.112. The third-order valence-corrected chi connectivity index (χ3v) is 3.58. The van der Waals surface area contributed by atoms with Crippen molar-refractivity contribution in [3.05, 3.63) is 65.7 Å². The highest BCUT2D eigenvalue weighted by Crippen LogP contribution is 2.25. The number of para-hydroxylation sites is 1. The van der Waals surface area contributed by atoms with Crippen LogP contribution in [0, 0.1) is 0 Å². The molecule has 0 fully saturated rings. The SMILES string of the molecule is O=C[C@H](Cc1ccccc1)N1COc2ccccc2C1=O. The van der Waals surface area contributed by atoms with Gasteiger partial charge in [-0.2, -0.15) is 0 Å². The summed E-state index contributed by atoms with van der Waals surface area (Å²) in [4.78, 5) is 25.4. The van der Waals surface area contributed by atoms with E-state index in [1.807, 2.05) is 36.4 Å². The summed E-state index contributed by atoms with van der Waals surface area (Å²) in [7, 11) is 0. The molecule has 0 aromatic heterocycles. The Hall–Kier alpha value is -2.62. The summed E-state index contributed by atoms with van der Waals surface area (Å²) < 4.78 is 5.57. The van der Waals surface area contributed by atoms with Gasteiger partial charge in [0.1, 0.15) is 12.0 Å². The van der Waals surface area contributed by atoms with Crippen LogP contribution in [0.5, 0.6) is 5.75 Å². The fourth-order valence-corrected chi connectivity index (χ4v) is 2.46. The van der Waals surface area contributed by atoms with Crippen molar-refractivity contribution in [2.75, 3.05) is 6.73 Å². The molecule has 2 aromatic carbocycles. The molecule has 4 nitrogen and oxygen atoms in total. The van der Waals surface area contributed by atoms with Gasteiger partial charge in [0.2, 0.25) is 0 Å². The molecule has 0 radical (unpaired) electrons. The first-order valence-electron chi connectivity index (χ1n) is 6.81. The highest BCUT2D eigenvalue weighted by atomic mass is 16.5. The van der Waals surface area contributed by atoms with Crippen LogP contribution in [0.25, 0.3) is 0 Å². The molecule has 1 heterocycles. The van der Waals surface area contributed by atoms with Gasteiger partial charge in [0.25, 0.3) is 5.91 Å². The quantitative estimate of drug-likeness (QED) is 0.808. The van der Waals surface area contributed by atoms with Crippen LogP contribution in [0.1, 0.15) is 15.9 Å². The Balaban J connectivity index is 1.83. The Morgan fingerprint density at radius 1 is 1.10 bits per heavy atom. The van der Waals surface area contributed by atoms with E-state index in [9.17, 15) is 9.59 Å². The zero-order valence-electron chi connectivity index (χ0n) is 11.4. The van der Waals surface area contributed by atoms with Crippen molar-refractivity contribution in [1.82, 2.24) is 4.90 Å². The number of benzene rings is 2. The molecule has 106 valence electrons. The van der Waals surface area contributed by atoms with Crippen molar-refractivity contribution >= 4 is 12.2 Å². The normalized spacial score (nSPS) is 15.0. The zero-order valence-corrected chi connectivity index (χ0v) is 11.4. The van der Waals surface area contributed by atoms with Crippen LogP contribution in [0.15, 0.2) is 54.6 Å². The third-order valence-electron chi connectivity index (χ3n) is 3.58. The second-order valence-electron chi connectivity index (χ2n) is 4.94. The third kappa shape index (κ3) is 2.65. The van der Waals surface area contributed by atoms with Gasteiger partial charge in [0.05, 0.1) is 11.6 Å². The molecule has 3 rings (SSSR count). The Morgan fingerprint density at radius 2 is 1.81 bits per heavy atom. The Bertz CT molecular complexity index is 654. The van der Waals surface area contributed by atoms with E-state index < -0.39 is 6.04 Å². The zero-order chi connectivity index (χ0) is 14.7. The van der Waals surface area contributed by atoms with E-state index in [1.54, 1.807) is 18.2 Å². The highest BCUT2D eigenvalue weighted by Gasteiger charge is 2.30. The molecule has 0 unspecified atom stereocenters. The van der Waals surface area contributed by atoms with Crippen LogP contribution in [0.4, 0.5) is 0 Å². The number of hydrogen-bond acceptors (Lipinski definition) is 3. The van der Waals surface area contributed by atoms with Gasteiger partial charge in [-0.3, -0.25) is 9.69 Å². The molecule has 1 atom stereocenters. The fraction of sp³-hybridized carbons (Fsp3) is 0.176. The van der Waals surface area contributed by atoms with Gasteiger partial charge in [-0.15, -0.1) is 0 Å². The topological polar surface area (TPSA) is 46.6 Å². The smallest absolute Gasteiger partial charge is 0.260 e. The molecule has 0 N–H and O–H groups in total. The van der Waals surface area contributed by atoms with Crippen LogP contribution in [-0.4, -0.2) is 29.9 Å². The van der Waals surface area contributed by atoms with Gasteiger partial charge in [-0.1, -0.05) is 42.5 Å². The molecule has 1 amide bonds. The summed E-state index contributed by atoms with van der Waals surface area (Å²) in [6.07, 6.45) is 1.30. The van der Waals surface area contributed by atoms with E-state index in [0.717, 1.165) is 11.8 Å². The number of ether oxygens (including phenoxy) is 1. The molecule has 1 aliphatic rings. The van der Waals surface area contributed by atoms with Crippen LogP contribution >= 0.6 is 0 Å². The van der Waals surface area contributed by atoms with E-state index in [-0.39, 0.29) is 12.6 Å². The van der Waals surface area contributed by atoms with Crippen LogP contribution in [-0.2, 0) is 11.2 Å². The monoisotopic (exact) mass is 281 g/mol. The van der Waals surface area contributed by atoms with Crippen LogP contribution < -0.4 is 4.74 Å². The summed E-state index contributed by atoms with van der Waals surface area (Å²) in [5, 5.41) is 0. The van der Waals surface area contributed by atoms with Crippen molar-refractivity contribution in [2.24, 2.45) is 0 Å². The predicted molar refractivity (Wildman–Crippen MR) is 78.1 cm³/mol. The molecule has 0 saturated carbocycles. The first kappa shape index (κ1) is 13.4. The maximum Gasteiger partial charge on any atom is 0.260 e. The van der Waals surface area contributed by atoms with Crippen LogP contribution in [0.2, 0.25) is 0 Å². The van der Waals surface area contributed by atoms with Gasteiger partial charge in [0.15, 0.2) is 6.73 Å². The fourth-order valence-electron chi connectivity index (χ4n) is 2.46. The standard InChI is InChI=1S/C17H15NO3/c19-11-14(10-13-6-2-1-3-7-13)18-12-21-16-9-5-4-8-15(16)17(18)20/h1-9,11,14H,10,12H2/t14-/m0/s1. The number of carbonyl (C=O) groups is 2. The molecular formula is C17H15NO3. The molecule has 0 saturated heterocycles. The number of aldehydes is 1. The van der Waals surface area contributed by atoms with Gasteiger partial charge in [0, 0.05) is 0 Å². The second kappa shape index (κ2) is 5.79. The first-order chi connectivity index (χ1) is 10.3. The summed E-state index contributed by atoms with van der Waals surface area (Å²) in [6, 6.07) is 16.2. The second-order valence-corrected chi connectivity index (χ2v) is 4.94. The molecule has 0 aliphatic carbocycles. The van der Waals surface area contributed by atoms with Crippen molar-refractivity contribution in [1.29, 1.82) is 0 Å². The number of carbonyl (C=O) groups excluding carboxylic acids is 2. The minimum Gasteiger partial charge on any atom is -0.472 e. The van der Waals surface area contributed by atoms with E-state index in [4.69, 9.17) is 4.74 Å².